The number of carbonyl (C=O) groups is 7. The third-order valence-electron chi connectivity index (χ3n) is 11.2. The molecule has 9 N–H and O–H groups in total. The minimum Gasteiger partial charge on any atom is -0.480 e. The maximum atomic E-state index is 13.6. The summed E-state index contributed by atoms with van der Waals surface area (Å²) in [5, 5.41) is 34.7. The highest BCUT2D eigenvalue weighted by molar-refractivity contribution is 5.94. The Morgan fingerprint density at radius 3 is 1.59 bits per heavy atom. The third-order valence-corrected chi connectivity index (χ3v) is 11.2. The summed E-state index contributed by atoms with van der Waals surface area (Å²) in [4.78, 5) is 88.5. The van der Waals surface area contributed by atoms with Crippen molar-refractivity contribution in [2.75, 3.05) is 0 Å². The van der Waals surface area contributed by atoms with E-state index in [0.717, 1.165) is 81.6 Å². The highest BCUT2D eigenvalue weighted by Gasteiger charge is 2.32. The molecule has 1 unspecified atom stereocenters. The van der Waals surface area contributed by atoms with Gasteiger partial charge in [0.05, 0.1) is 12.1 Å². The lowest BCUT2D eigenvalue weighted by Crippen LogP contribution is -2.59. The van der Waals surface area contributed by atoms with Crippen LogP contribution in [0.15, 0.2) is 60.7 Å². The summed E-state index contributed by atoms with van der Waals surface area (Å²) in [5.74, 6) is -4.01. The number of amides is 5. The molecule has 2 aromatic carbocycles. The summed E-state index contributed by atoms with van der Waals surface area (Å²) in [7, 11) is 0. The SMILES string of the molecule is CC(C)C[C@H](NC(=O)[C@@H](NC(=O)CCCCCCCC(CCCCCCC=O)N[C@H](C(=O)N[C@@H](Cc1ccccc1)C(=O)O)C(C)C)[C@H](C)O)C(=O)N[C@@H](Cc1ccccc1)C(N)=O. The first-order valence-electron chi connectivity index (χ1n) is 23.2. The van der Waals surface area contributed by atoms with Gasteiger partial charge in [-0.1, -0.05) is 133 Å². The molecule has 0 aliphatic carbocycles. The van der Waals surface area contributed by atoms with Gasteiger partial charge in [-0.05, 0) is 62.0 Å². The second-order valence-corrected chi connectivity index (χ2v) is 17.8. The molecule has 0 fully saturated rings. The van der Waals surface area contributed by atoms with Gasteiger partial charge in [0, 0.05) is 31.7 Å². The number of unbranched alkanes of at least 4 members (excludes halogenated alkanes) is 8. The molecule has 0 bridgehead atoms. The van der Waals surface area contributed by atoms with Gasteiger partial charge >= 0.3 is 5.97 Å². The van der Waals surface area contributed by atoms with E-state index >= 15 is 0 Å². The number of hydrogen-bond acceptors (Lipinski definition) is 9. The molecule has 0 saturated carbocycles. The van der Waals surface area contributed by atoms with E-state index in [2.05, 4.69) is 26.6 Å². The number of carboxylic acids is 1. The number of aldehydes is 1. The van der Waals surface area contributed by atoms with Crippen molar-refractivity contribution in [3.05, 3.63) is 71.8 Å². The average molecular weight is 893 g/mol. The molecule has 0 saturated heterocycles. The monoisotopic (exact) mass is 893 g/mol. The lowest BCUT2D eigenvalue weighted by atomic mass is 9.96. The van der Waals surface area contributed by atoms with Crippen LogP contribution >= 0.6 is 0 Å². The first-order valence-corrected chi connectivity index (χ1v) is 23.2. The Hall–Kier alpha value is -5.15. The van der Waals surface area contributed by atoms with E-state index in [9.17, 15) is 43.8 Å². The highest BCUT2D eigenvalue weighted by Crippen LogP contribution is 2.17. The maximum absolute atomic E-state index is 13.6. The van der Waals surface area contributed by atoms with Crippen LogP contribution in [0.3, 0.4) is 0 Å². The van der Waals surface area contributed by atoms with Crippen LogP contribution in [0.25, 0.3) is 0 Å². The first-order chi connectivity index (χ1) is 30.5. The van der Waals surface area contributed by atoms with Crippen LogP contribution in [-0.4, -0.2) is 94.4 Å². The number of aliphatic hydroxyl groups excluding tert-OH is 1. The molecule has 64 heavy (non-hydrogen) atoms. The summed E-state index contributed by atoms with van der Waals surface area (Å²) in [6, 6.07) is 13.3. The van der Waals surface area contributed by atoms with Gasteiger partial charge in [0.15, 0.2) is 0 Å². The third kappa shape index (κ3) is 22.5. The molecule has 7 atom stereocenters. The maximum Gasteiger partial charge on any atom is 0.326 e. The Labute approximate surface area is 380 Å². The van der Waals surface area contributed by atoms with Gasteiger partial charge in [-0.25, -0.2) is 4.79 Å². The number of carboxylic acid groups (broad SMARTS) is 1. The van der Waals surface area contributed by atoms with Gasteiger partial charge in [0.2, 0.25) is 29.5 Å². The Balaban J connectivity index is 1.93. The van der Waals surface area contributed by atoms with E-state index in [-0.39, 0.29) is 49.5 Å². The molecule has 0 radical (unpaired) electrons. The molecule has 5 amide bonds. The van der Waals surface area contributed by atoms with E-state index in [1.807, 2.05) is 88.4 Å². The zero-order valence-electron chi connectivity index (χ0n) is 38.7. The van der Waals surface area contributed by atoms with Crippen LogP contribution in [-0.2, 0) is 46.4 Å². The van der Waals surface area contributed by atoms with Crippen molar-refractivity contribution in [3.63, 3.8) is 0 Å². The van der Waals surface area contributed by atoms with E-state index in [1.54, 1.807) is 0 Å². The van der Waals surface area contributed by atoms with Crippen LogP contribution in [0.1, 0.15) is 136 Å². The Morgan fingerprint density at radius 1 is 0.609 bits per heavy atom. The van der Waals surface area contributed by atoms with Crippen LogP contribution in [0, 0.1) is 11.8 Å². The molecule has 0 aliphatic heterocycles. The standard InChI is InChI=1S/C49H76N6O9/c1-33(2)30-40(46(60)52-39(45(50)59)31-36-22-14-12-15-23-36)53-48(62)44(35(5)57)55-42(58)28-20-10-6-8-18-26-38(27-19-9-7-11-21-29-56)51-43(34(3)4)47(61)54-41(49(63)64)32-37-24-16-13-17-25-37/h12-17,22-25,29,33-35,38-41,43-44,51,57H,6-11,18-21,26-28,30-32H2,1-5H3,(H2,50,59)(H,52,60)(H,53,62)(H,54,61)(H,55,58)(H,63,64)/t35-,38?,39-,40-,41-,43-,44-/m0/s1. The molecule has 15 nitrogen and oxygen atoms in total. The molecule has 2 aromatic rings. The van der Waals surface area contributed by atoms with Gasteiger partial charge < -0.3 is 47.3 Å². The topological polar surface area (TPSA) is 246 Å². The molecule has 15 heteroatoms. The van der Waals surface area contributed by atoms with Crippen LogP contribution in [0.5, 0.6) is 0 Å². The van der Waals surface area contributed by atoms with Crippen molar-refractivity contribution in [1.82, 2.24) is 26.6 Å². The molecule has 0 aliphatic rings. The number of aliphatic hydroxyl groups is 1. The number of primary amides is 1. The lowest BCUT2D eigenvalue weighted by molar-refractivity contribution is -0.142. The van der Waals surface area contributed by atoms with E-state index in [0.29, 0.717) is 12.8 Å². The summed E-state index contributed by atoms with van der Waals surface area (Å²) in [5.41, 5.74) is 7.22. The minimum absolute atomic E-state index is 0.0148. The van der Waals surface area contributed by atoms with Crippen LogP contribution < -0.4 is 32.3 Å². The zero-order chi connectivity index (χ0) is 47.4. The second kappa shape index (κ2) is 30.8. The van der Waals surface area contributed by atoms with Crippen molar-refractivity contribution in [2.45, 2.75) is 180 Å². The van der Waals surface area contributed by atoms with Gasteiger partial charge in [0.25, 0.3) is 0 Å². The summed E-state index contributed by atoms with van der Waals surface area (Å²) >= 11 is 0. The van der Waals surface area contributed by atoms with E-state index in [4.69, 9.17) is 5.73 Å². The average Bonchev–Trinajstić information content (AvgIpc) is 3.24. The van der Waals surface area contributed by atoms with Crippen LogP contribution in [0.4, 0.5) is 0 Å². The fraction of sp³-hybridized carbons (Fsp3) is 0.612. The Bertz CT molecular complexity index is 1710. The van der Waals surface area contributed by atoms with Crippen molar-refractivity contribution in [2.24, 2.45) is 17.6 Å². The van der Waals surface area contributed by atoms with E-state index in [1.165, 1.54) is 6.92 Å². The van der Waals surface area contributed by atoms with Crippen molar-refractivity contribution < 1.29 is 43.8 Å². The van der Waals surface area contributed by atoms with Crippen molar-refractivity contribution in [3.8, 4) is 0 Å². The fourth-order valence-corrected chi connectivity index (χ4v) is 7.59. The van der Waals surface area contributed by atoms with Gasteiger partial charge in [0.1, 0.15) is 30.5 Å². The molecular formula is C49H76N6O9. The molecule has 0 aromatic heterocycles. The minimum atomic E-state index is -1.31. The number of nitrogens with two attached hydrogens (primary N) is 1. The normalized spacial score (nSPS) is 14.6. The Kier molecular flexibility index (Phi) is 26.5. The first kappa shape index (κ1) is 55.0. The smallest absolute Gasteiger partial charge is 0.326 e. The number of carbonyl (C=O) groups excluding carboxylic acids is 6. The highest BCUT2D eigenvalue weighted by atomic mass is 16.4. The summed E-state index contributed by atoms with van der Waals surface area (Å²) in [6.07, 6.45) is 10.1. The Morgan fingerprint density at radius 2 is 1.09 bits per heavy atom. The van der Waals surface area contributed by atoms with E-state index < -0.39 is 65.9 Å². The quantitative estimate of drug-likeness (QED) is 0.0357. The van der Waals surface area contributed by atoms with Gasteiger partial charge in [-0.3, -0.25) is 24.0 Å². The predicted octanol–water partition coefficient (Wildman–Crippen LogP) is 4.66. The summed E-state index contributed by atoms with van der Waals surface area (Å²) < 4.78 is 0. The number of hydrogen-bond donors (Lipinski definition) is 8. The number of benzene rings is 2. The van der Waals surface area contributed by atoms with Gasteiger partial charge in [-0.15, -0.1) is 0 Å². The number of rotatable bonds is 34. The molecule has 0 heterocycles. The predicted molar refractivity (Wildman–Crippen MR) is 248 cm³/mol. The van der Waals surface area contributed by atoms with Gasteiger partial charge in [-0.2, -0.15) is 0 Å². The lowest BCUT2D eigenvalue weighted by Gasteiger charge is -2.29. The zero-order valence-corrected chi connectivity index (χ0v) is 38.7. The molecule has 356 valence electrons. The number of aliphatic carboxylic acids is 1. The van der Waals surface area contributed by atoms with Crippen molar-refractivity contribution in [1.29, 1.82) is 0 Å². The molecule has 2 rings (SSSR count). The molecule has 0 spiro atoms. The summed E-state index contributed by atoms with van der Waals surface area (Å²) in [6.45, 7) is 9.02. The van der Waals surface area contributed by atoms with Crippen LogP contribution in [0.2, 0.25) is 0 Å². The second-order valence-electron chi connectivity index (χ2n) is 17.8. The largest absolute Gasteiger partial charge is 0.480 e. The number of nitrogens with one attached hydrogen (secondary N) is 5. The molecular weight excluding hydrogens is 817 g/mol. The fourth-order valence-electron chi connectivity index (χ4n) is 7.59. The van der Waals surface area contributed by atoms with Crippen molar-refractivity contribution >= 4 is 41.8 Å².